The molecule has 0 saturated heterocycles. The highest BCUT2D eigenvalue weighted by Gasteiger charge is 2.26. The molecule has 0 aliphatic heterocycles. The van der Waals surface area contributed by atoms with Crippen LogP contribution in [0.4, 0.5) is 0 Å². The van der Waals surface area contributed by atoms with E-state index in [1.165, 1.54) is 12.1 Å². The molecule has 0 bridgehead atoms. The highest BCUT2D eigenvalue weighted by molar-refractivity contribution is 7.89. The van der Waals surface area contributed by atoms with Gasteiger partial charge in [-0.05, 0) is 55.2 Å². The number of benzene rings is 2. The van der Waals surface area contributed by atoms with Gasteiger partial charge in [0.2, 0.25) is 21.8 Å². The first-order valence-electron chi connectivity index (χ1n) is 11.6. The number of aryl methyl sites for hydroxylation is 1. The third kappa shape index (κ3) is 9.25. The number of ether oxygens (including phenoxy) is 1. The minimum Gasteiger partial charge on any atom is -0.385 e. The number of hydrogen-bond donors (Lipinski definition) is 2. The van der Waals surface area contributed by atoms with Crippen LogP contribution in [0.15, 0.2) is 53.4 Å². The molecule has 192 valence electrons. The fraction of sp³-hybridized carbons (Fsp3) is 0.440. The normalized spacial score (nSPS) is 12.2. The highest BCUT2D eigenvalue weighted by Crippen LogP contribution is 2.16. The zero-order valence-electron chi connectivity index (χ0n) is 20.4. The molecule has 8 nitrogen and oxygen atoms in total. The molecular formula is C25H34ClN3O5S. The van der Waals surface area contributed by atoms with E-state index in [1.807, 2.05) is 12.1 Å². The Balaban J connectivity index is 2.09. The smallest absolute Gasteiger partial charge is 0.242 e. The molecular weight excluding hydrogens is 490 g/mol. The highest BCUT2D eigenvalue weighted by atomic mass is 35.5. The Hall–Kier alpha value is -2.46. The number of nitrogens with zero attached hydrogens (tertiary/aromatic N) is 1. The van der Waals surface area contributed by atoms with E-state index in [1.54, 1.807) is 50.1 Å². The van der Waals surface area contributed by atoms with Gasteiger partial charge >= 0.3 is 0 Å². The second kappa shape index (κ2) is 14.2. The molecule has 0 heterocycles. The van der Waals surface area contributed by atoms with E-state index < -0.39 is 16.1 Å². The standard InChI is InChI=1S/C25H34ClN3O5S/c1-4-28-35(32,33)23-13-8-20(9-14-23)10-15-24(30)29(18-21-6-11-22(26)12-7-21)19(2)25(31)27-16-5-17-34-3/h6-9,11-14,19,28H,4-5,10,15-18H2,1-3H3,(H,27,31)/t19-/m0/s1. The van der Waals surface area contributed by atoms with Crippen molar-refractivity contribution in [2.45, 2.75) is 50.6 Å². The van der Waals surface area contributed by atoms with E-state index in [2.05, 4.69) is 10.0 Å². The molecule has 2 aromatic carbocycles. The summed E-state index contributed by atoms with van der Waals surface area (Å²) in [6, 6.07) is 12.9. The Kier molecular flexibility index (Phi) is 11.7. The number of nitrogens with one attached hydrogen (secondary N) is 2. The summed E-state index contributed by atoms with van der Waals surface area (Å²) in [4.78, 5) is 27.7. The van der Waals surface area contributed by atoms with Gasteiger partial charge in [-0.15, -0.1) is 0 Å². The molecule has 0 unspecified atom stereocenters. The predicted molar refractivity (Wildman–Crippen MR) is 137 cm³/mol. The van der Waals surface area contributed by atoms with Gasteiger partial charge in [0, 0.05) is 44.8 Å². The Morgan fingerprint density at radius 3 is 2.29 bits per heavy atom. The summed E-state index contributed by atoms with van der Waals surface area (Å²) in [6.45, 7) is 5.00. The summed E-state index contributed by atoms with van der Waals surface area (Å²) < 4.78 is 31.7. The minimum atomic E-state index is -3.53. The van der Waals surface area contributed by atoms with Gasteiger partial charge in [-0.3, -0.25) is 9.59 Å². The third-order valence-electron chi connectivity index (χ3n) is 5.45. The maximum atomic E-state index is 13.2. The van der Waals surface area contributed by atoms with Crippen LogP contribution in [-0.4, -0.2) is 58.0 Å². The molecule has 2 amide bonds. The van der Waals surface area contributed by atoms with Crippen LogP contribution in [0.2, 0.25) is 5.02 Å². The van der Waals surface area contributed by atoms with Crippen LogP contribution in [0.1, 0.15) is 37.8 Å². The molecule has 0 aliphatic carbocycles. The van der Waals surface area contributed by atoms with Gasteiger partial charge in [-0.25, -0.2) is 13.1 Å². The minimum absolute atomic E-state index is 0.175. The molecule has 0 aliphatic rings. The Bertz CT molecular complexity index is 1060. The number of carbonyl (C=O) groups excluding carboxylic acids is 2. The van der Waals surface area contributed by atoms with Crippen LogP contribution < -0.4 is 10.0 Å². The summed E-state index contributed by atoms with van der Waals surface area (Å²) in [5.41, 5.74) is 1.69. The second-order valence-electron chi connectivity index (χ2n) is 8.11. The van der Waals surface area contributed by atoms with Crippen LogP contribution in [0.25, 0.3) is 0 Å². The van der Waals surface area contributed by atoms with Gasteiger partial charge in [0.15, 0.2) is 0 Å². The number of halogens is 1. The number of sulfonamides is 1. The van der Waals surface area contributed by atoms with E-state index in [4.69, 9.17) is 16.3 Å². The first-order valence-corrected chi connectivity index (χ1v) is 13.4. The Morgan fingerprint density at radius 2 is 1.69 bits per heavy atom. The van der Waals surface area contributed by atoms with Crippen molar-refractivity contribution >= 4 is 33.4 Å². The molecule has 0 aromatic heterocycles. The topological polar surface area (TPSA) is 105 Å². The largest absolute Gasteiger partial charge is 0.385 e. The zero-order chi connectivity index (χ0) is 25.8. The quantitative estimate of drug-likeness (QED) is 0.370. The fourth-order valence-corrected chi connectivity index (χ4v) is 4.62. The van der Waals surface area contributed by atoms with Crippen molar-refractivity contribution < 1.29 is 22.7 Å². The number of rotatable bonds is 14. The fourth-order valence-electron chi connectivity index (χ4n) is 3.45. The molecule has 0 radical (unpaired) electrons. The van der Waals surface area contributed by atoms with Crippen molar-refractivity contribution in [1.29, 1.82) is 0 Å². The van der Waals surface area contributed by atoms with Gasteiger partial charge in [-0.2, -0.15) is 0 Å². The van der Waals surface area contributed by atoms with E-state index >= 15 is 0 Å². The van der Waals surface area contributed by atoms with Gasteiger partial charge in [0.05, 0.1) is 4.90 Å². The van der Waals surface area contributed by atoms with E-state index in [0.717, 1.165) is 11.1 Å². The van der Waals surface area contributed by atoms with Gasteiger partial charge in [0.25, 0.3) is 0 Å². The summed E-state index contributed by atoms with van der Waals surface area (Å²) >= 11 is 5.98. The summed E-state index contributed by atoms with van der Waals surface area (Å²) in [7, 11) is -1.93. The molecule has 1 atom stereocenters. The van der Waals surface area contributed by atoms with Crippen LogP contribution >= 0.6 is 11.6 Å². The lowest BCUT2D eigenvalue weighted by Gasteiger charge is -2.29. The van der Waals surface area contributed by atoms with Crippen molar-refractivity contribution in [3.63, 3.8) is 0 Å². The van der Waals surface area contributed by atoms with Crippen LogP contribution in [0.5, 0.6) is 0 Å². The zero-order valence-corrected chi connectivity index (χ0v) is 22.0. The lowest BCUT2D eigenvalue weighted by atomic mass is 10.1. The van der Waals surface area contributed by atoms with Crippen LogP contribution in [0, 0.1) is 0 Å². The van der Waals surface area contributed by atoms with Crippen molar-refractivity contribution in [3.05, 3.63) is 64.7 Å². The third-order valence-corrected chi connectivity index (χ3v) is 7.27. The molecule has 2 aromatic rings. The Labute approximate surface area is 213 Å². The monoisotopic (exact) mass is 523 g/mol. The predicted octanol–water partition coefficient (Wildman–Crippen LogP) is 3.14. The van der Waals surface area contributed by atoms with E-state index in [0.29, 0.717) is 37.6 Å². The van der Waals surface area contributed by atoms with Crippen molar-refractivity contribution in [3.8, 4) is 0 Å². The summed E-state index contributed by atoms with van der Waals surface area (Å²) in [6.07, 6.45) is 1.27. The average Bonchev–Trinajstić information content (AvgIpc) is 2.84. The van der Waals surface area contributed by atoms with Crippen LogP contribution in [0.3, 0.4) is 0 Å². The number of hydrogen-bond acceptors (Lipinski definition) is 5. The molecule has 0 spiro atoms. The second-order valence-corrected chi connectivity index (χ2v) is 10.3. The molecule has 2 N–H and O–H groups in total. The van der Waals surface area contributed by atoms with E-state index in [-0.39, 0.29) is 29.7 Å². The van der Waals surface area contributed by atoms with E-state index in [9.17, 15) is 18.0 Å². The maximum Gasteiger partial charge on any atom is 0.242 e. The SMILES string of the molecule is CCNS(=O)(=O)c1ccc(CCC(=O)N(Cc2ccc(Cl)cc2)[C@@H](C)C(=O)NCCCOC)cc1. The van der Waals surface area contributed by atoms with Crippen molar-refractivity contribution in [1.82, 2.24) is 14.9 Å². The van der Waals surface area contributed by atoms with Gasteiger partial charge in [-0.1, -0.05) is 42.8 Å². The lowest BCUT2D eigenvalue weighted by molar-refractivity contribution is -0.140. The summed E-state index contributed by atoms with van der Waals surface area (Å²) in [5, 5.41) is 3.45. The van der Waals surface area contributed by atoms with Gasteiger partial charge < -0.3 is 15.0 Å². The number of carbonyl (C=O) groups is 2. The first kappa shape index (κ1) is 28.8. The molecule has 0 saturated carbocycles. The van der Waals surface area contributed by atoms with Crippen molar-refractivity contribution in [2.75, 3.05) is 26.8 Å². The molecule has 0 fully saturated rings. The van der Waals surface area contributed by atoms with Crippen molar-refractivity contribution in [2.24, 2.45) is 0 Å². The first-order chi connectivity index (χ1) is 16.7. The van der Waals surface area contributed by atoms with Crippen LogP contribution in [-0.2, 0) is 37.3 Å². The van der Waals surface area contributed by atoms with Gasteiger partial charge in [0.1, 0.15) is 6.04 Å². The lowest BCUT2D eigenvalue weighted by Crippen LogP contribution is -2.48. The summed E-state index contributed by atoms with van der Waals surface area (Å²) in [5.74, 6) is -0.412. The number of methoxy groups -OCH3 is 1. The molecule has 2 rings (SSSR count). The number of amides is 2. The maximum absolute atomic E-state index is 13.2. The Morgan fingerprint density at radius 1 is 1.06 bits per heavy atom. The molecule has 10 heteroatoms. The molecule has 35 heavy (non-hydrogen) atoms. The average molecular weight is 524 g/mol.